The highest BCUT2D eigenvalue weighted by Gasteiger charge is 2.33. The average Bonchev–Trinajstić information content (AvgIpc) is 3.39. The first-order valence-corrected chi connectivity index (χ1v) is 9.89. The predicted molar refractivity (Wildman–Crippen MR) is 101 cm³/mol. The Hall–Kier alpha value is -2.25. The molecule has 1 aromatic heterocycles. The third-order valence-electron chi connectivity index (χ3n) is 5.73. The van der Waals surface area contributed by atoms with Crippen LogP contribution in [0, 0.1) is 0 Å². The molecular weight excluding hydrogens is 342 g/mol. The number of amides is 1. The molecule has 0 spiro atoms. The molecule has 2 aromatic rings. The van der Waals surface area contributed by atoms with Gasteiger partial charge in [-0.2, -0.15) is 0 Å². The minimum atomic E-state index is -0.560. The zero-order valence-corrected chi connectivity index (χ0v) is 15.5. The first-order valence-electron chi connectivity index (χ1n) is 9.89. The van der Waals surface area contributed by atoms with E-state index in [1.807, 2.05) is 39.9 Å². The summed E-state index contributed by atoms with van der Waals surface area (Å²) < 4.78 is 1.85. The van der Waals surface area contributed by atoms with Gasteiger partial charge in [0.25, 0.3) is 5.91 Å². The molecule has 2 saturated heterocycles. The third-order valence-corrected chi connectivity index (χ3v) is 5.73. The van der Waals surface area contributed by atoms with Crippen LogP contribution in [0.1, 0.15) is 60.3 Å². The summed E-state index contributed by atoms with van der Waals surface area (Å²) in [5.41, 5.74) is 1.31. The molecule has 0 bridgehead atoms. The number of aliphatic hydroxyl groups is 1. The molecule has 2 aliphatic heterocycles. The van der Waals surface area contributed by atoms with Crippen LogP contribution in [0.25, 0.3) is 0 Å². The normalized spacial score (nSPS) is 22.1. The second kappa shape index (κ2) is 8.19. The van der Waals surface area contributed by atoms with Gasteiger partial charge in [0.1, 0.15) is 0 Å². The van der Waals surface area contributed by atoms with Crippen LogP contribution in [-0.2, 0) is 0 Å². The molecule has 2 aliphatic rings. The first-order chi connectivity index (χ1) is 13.2. The van der Waals surface area contributed by atoms with Crippen molar-refractivity contribution in [3.05, 3.63) is 47.8 Å². The smallest absolute Gasteiger partial charge is 0.276 e. The topological polar surface area (TPSA) is 83.3 Å². The summed E-state index contributed by atoms with van der Waals surface area (Å²) in [6.07, 6.45) is 5.67. The van der Waals surface area contributed by atoms with Crippen LogP contribution in [-0.4, -0.2) is 56.6 Å². The van der Waals surface area contributed by atoms with E-state index in [-0.39, 0.29) is 11.9 Å². The number of benzene rings is 1. The van der Waals surface area contributed by atoms with Gasteiger partial charge in [0.05, 0.1) is 18.3 Å². The Kier molecular flexibility index (Phi) is 5.50. The van der Waals surface area contributed by atoms with Crippen molar-refractivity contribution in [3.8, 4) is 0 Å². The van der Waals surface area contributed by atoms with E-state index in [1.54, 1.807) is 6.20 Å². The van der Waals surface area contributed by atoms with Gasteiger partial charge in [-0.3, -0.25) is 4.79 Å². The molecule has 0 aliphatic carbocycles. The minimum absolute atomic E-state index is 0.0386. The third kappa shape index (κ3) is 4.04. The molecule has 144 valence electrons. The van der Waals surface area contributed by atoms with E-state index in [0.29, 0.717) is 24.7 Å². The Morgan fingerprint density at radius 1 is 1.22 bits per heavy atom. The van der Waals surface area contributed by atoms with Gasteiger partial charge in [-0.05, 0) is 50.8 Å². The van der Waals surface area contributed by atoms with Crippen molar-refractivity contribution < 1.29 is 9.90 Å². The van der Waals surface area contributed by atoms with E-state index in [4.69, 9.17) is 0 Å². The Bertz CT molecular complexity index is 757. The van der Waals surface area contributed by atoms with Crippen molar-refractivity contribution in [2.24, 2.45) is 0 Å². The molecule has 27 heavy (non-hydrogen) atoms. The lowest BCUT2D eigenvalue weighted by Crippen LogP contribution is -2.36. The average molecular weight is 369 g/mol. The van der Waals surface area contributed by atoms with Gasteiger partial charge >= 0.3 is 0 Å². The maximum Gasteiger partial charge on any atom is 0.276 e. The van der Waals surface area contributed by atoms with Gasteiger partial charge in [-0.1, -0.05) is 35.5 Å². The highest BCUT2D eigenvalue weighted by atomic mass is 16.3. The number of carbonyl (C=O) groups is 1. The summed E-state index contributed by atoms with van der Waals surface area (Å²) in [6, 6.07) is 10.00. The van der Waals surface area contributed by atoms with E-state index in [0.717, 1.165) is 44.3 Å². The fourth-order valence-corrected chi connectivity index (χ4v) is 4.19. The van der Waals surface area contributed by atoms with Crippen LogP contribution >= 0.6 is 0 Å². The highest BCUT2D eigenvalue weighted by molar-refractivity contribution is 5.92. The number of carbonyl (C=O) groups excluding carboxylic acids is 1. The predicted octanol–water partition coefficient (Wildman–Crippen LogP) is 1.93. The van der Waals surface area contributed by atoms with E-state index in [2.05, 4.69) is 15.6 Å². The number of likely N-dealkylation sites (tertiary alicyclic amines) is 1. The molecule has 0 saturated carbocycles. The van der Waals surface area contributed by atoms with E-state index in [9.17, 15) is 9.90 Å². The number of hydrogen-bond acceptors (Lipinski definition) is 5. The lowest BCUT2D eigenvalue weighted by molar-refractivity contribution is 0.0661. The molecular formula is C20H27N5O2. The summed E-state index contributed by atoms with van der Waals surface area (Å²) in [4.78, 5) is 14.9. The standard InChI is InChI=1S/C20H27N5O2/c26-19(15-5-2-1-3-6-15)13-17-7-4-12-24(17)20(27)18-14-25(23-22-18)16-8-10-21-11-9-16/h1-3,5-6,14,16-17,19,21,26H,4,7-13H2. The van der Waals surface area contributed by atoms with Gasteiger partial charge in [0.2, 0.25) is 0 Å². The number of nitrogens with one attached hydrogen (secondary N) is 1. The van der Waals surface area contributed by atoms with Crippen LogP contribution < -0.4 is 5.32 Å². The number of aromatic nitrogens is 3. The molecule has 3 heterocycles. The second-order valence-corrected chi connectivity index (χ2v) is 7.52. The van der Waals surface area contributed by atoms with Crippen molar-refractivity contribution in [2.45, 2.75) is 50.3 Å². The Morgan fingerprint density at radius 3 is 2.78 bits per heavy atom. The molecule has 4 rings (SSSR count). The van der Waals surface area contributed by atoms with Gasteiger partial charge in [0, 0.05) is 12.6 Å². The summed E-state index contributed by atoms with van der Waals surface area (Å²) >= 11 is 0. The van der Waals surface area contributed by atoms with Crippen LogP contribution in [0.5, 0.6) is 0 Å². The van der Waals surface area contributed by atoms with Crippen LogP contribution in [0.2, 0.25) is 0 Å². The minimum Gasteiger partial charge on any atom is -0.388 e. The fraction of sp³-hybridized carbons (Fsp3) is 0.550. The van der Waals surface area contributed by atoms with Crippen LogP contribution in [0.15, 0.2) is 36.5 Å². The van der Waals surface area contributed by atoms with Gasteiger partial charge < -0.3 is 15.3 Å². The molecule has 7 nitrogen and oxygen atoms in total. The Balaban J connectivity index is 1.42. The Labute approximate surface area is 159 Å². The molecule has 2 atom stereocenters. The number of piperidine rings is 1. The second-order valence-electron chi connectivity index (χ2n) is 7.52. The van der Waals surface area contributed by atoms with Gasteiger partial charge in [-0.15, -0.1) is 5.10 Å². The number of aliphatic hydroxyl groups excluding tert-OH is 1. The summed E-state index contributed by atoms with van der Waals surface area (Å²) in [7, 11) is 0. The molecule has 1 aromatic carbocycles. The zero-order valence-electron chi connectivity index (χ0n) is 15.5. The molecule has 0 radical (unpaired) electrons. The number of hydrogen-bond donors (Lipinski definition) is 2. The maximum absolute atomic E-state index is 13.0. The fourth-order valence-electron chi connectivity index (χ4n) is 4.19. The van der Waals surface area contributed by atoms with Crippen molar-refractivity contribution in [1.29, 1.82) is 0 Å². The van der Waals surface area contributed by atoms with Crippen LogP contribution in [0.4, 0.5) is 0 Å². The lowest BCUT2D eigenvalue weighted by atomic mass is 10.0. The van der Waals surface area contributed by atoms with Crippen molar-refractivity contribution >= 4 is 5.91 Å². The first kappa shape index (κ1) is 18.1. The maximum atomic E-state index is 13.0. The quantitative estimate of drug-likeness (QED) is 0.841. The zero-order chi connectivity index (χ0) is 18.6. The highest BCUT2D eigenvalue weighted by Crippen LogP contribution is 2.28. The summed E-state index contributed by atoms with van der Waals surface area (Å²) in [5.74, 6) is -0.0713. The Morgan fingerprint density at radius 2 is 2.00 bits per heavy atom. The van der Waals surface area contributed by atoms with Gasteiger partial charge in [-0.25, -0.2) is 4.68 Å². The van der Waals surface area contributed by atoms with Crippen molar-refractivity contribution in [2.75, 3.05) is 19.6 Å². The monoisotopic (exact) mass is 369 g/mol. The van der Waals surface area contributed by atoms with E-state index >= 15 is 0 Å². The van der Waals surface area contributed by atoms with Crippen molar-refractivity contribution in [3.63, 3.8) is 0 Å². The van der Waals surface area contributed by atoms with Gasteiger partial charge in [0.15, 0.2) is 5.69 Å². The molecule has 2 N–H and O–H groups in total. The molecule has 1 amide bonds. The lowest BCUT2D eigenvalue weighted by Gasteiger charge is -2.26. The SMILES string of the molecule is O=C(c1cn(C2CCNCC2)nn1)N1CCCC1CC(O)c1ccccc1. The van der Waals surface area contributed by atoms with Crippen LogP contribution in [0.3, 0.4) is 0 Å². The summed E-state index contributed by atoms with van der Waals surface area (Å²) in [6.45, 7) is 2.66. The number of rotatable bonds is 5. The number of nitrogens with zero attached hydrogens (tertiary/aromatic N) is 4. The van der Waals surface area contributed by atoms with E-state index in [1.165, 1.54) is 0 Å². The largest absolute Gasteiger partial charge is 0.388 e. The van der Waals surface area contributed by atoms with E-state index < -0.39 is 6.10 Å². The summed E-state index contributed by atoms with van der Waals surface area (Å²) in [5, 5.41) is 22.2. The molecule has 2 unspecified atom stereocenters. The van der Waals surface area contributed by atoms with Crippen molar-refractivity contribution in [1.82, 2.24) is 25.2 Å². The molecule has 7 heteroatoms. The molecule has 2 fully saturated rings.